The molecule has 1 aliphatic heterocycles. The summed E-state index contributed by atoms with van der Waals surface area (Å²) in [5.74, 6) is 0.00894. The molecule has 0 aromatic heterocycles. The summed E-state index contributed by atoms with van der Waals surface area (Å²) in [4.78, 5) is 14.7. The van der Waals surface area contributed by atoms with Gasteiger partial charge in [0.05, 0.1) is 6.10 Å². The van der Waals surface area contributed by atoms with Gasteiger partial charge in [0, 0.05) is 23.4 Å². The first-order valence-corrected chi connectivity index (χ1v) is 7.33. The molecular formula is C18H19NO2. The van der Waals surface area contributed by atoms with Gasteiger partial charge in [-0.2, -0.15) is 0 Å². The van der Waals surface area contributed by atoms with E-state index in [4.69, 9.17) is 0 Å². The van der Waals surface area contributed by atoms with Crippen LogP contribution in [0.1, 0.15) is 40.4 Å². The predicted molar refractivity (Wildman–Crippen MR) is 83.5 cm³/mol. The smallest absolute Gasteiger partial charge is 0.258 e. The van der Waals surface area contributed by atoms with Gasteiger partial charge in [0.25, 0.3) is 5.91 Å². The van der Waals surface area contributed by atoms with Crippen LogP contribution >= 0.6 is 0 Å². The fraction of sp³-hybridized carbons (Fsp3) is 0.278. The normalized spacial score (nSPS) is 18.0. The van der Waals surface area contributed by atoms with Crippen molar-refractivity contribution in [3.05, 3.63) is 65.2 Å². The summed E-state index contributed by atoms with van der Waals surface area (Å²) in [6.07, 6.45) is 0.998. The van der Waals surface area contributed by atoms with Crippen LogP contribution in [0.4, 0.5) is 5.69 Å². The SMILES string of the molecule is Cc1ccccc1C(=O)N1CCCC(O)c2ccccc21. The van der Waals surface area contributed by atoms with Crippen LogP contribution in [0.15, 0.2) is 48.5 Å². The third-order valence-electron chi connectivity index (χ3n) is 4.07. The van der Waals surface area contributed by atoms with E-state index >= 15 is 0 Å². The van der Waals surface area contributed by atoms with E-state index < -0.39 is 6.10 Å². The zero-order chi connectivity index (χ0) is 14.8. The molecule has 2 aromatic rings. The molecule has 108 valence electrons. The summed E-state index contributed by atoms with van der Waals surface area (Å²) >= 11 is 0. The number of amides is 1. The molecule has 21 heavy (non-hydrogen) atoms. The minimum absolute atomic E-state index is 0.00894. The number of carbonyl (C=O) groups is 1. The van der Waals surface area contributed by atoms with Gasteiger partial charge in [-0.3, -0.25) is 4.79 Å². The van der Waals surface area contributed by atoms with Crippen molar-refractivity contribution in [3.8, 4) is 0 Å². The molecule has 3 rings (SSSR count). The maximum atomic E-state index is 12.9. The molecule has 1 atom stereocenters. The number of anilines is 1. The van der Waals surface area contributed by atoms with Crippen LogP contribution in [0, 0.1) is 6.92 Å². The molecule has 0 radical (unpaired) electrons. The van der Waals surface area contributed by atoms with Gasteiger partial charge < -0.3 is 10.0 Å². The van der Waals surface area contributed by atoms with Crippen molar-refractivity contribution in [2.45, 2.75) is 25.9 Å². The molecule has 0 aliphatic carbocycles. The summed E-state index contributed by atoms with van der Waals surface area (Å²) in [5.41, 5.74) is 3.38. The molecular weight excluding hydrogens is 262 g/mol. The molecule has 1 amide bonds. The van der Waals surface area contributed by atoms with Crippen molar-refractivity contribution in [2.24, 2.45) is 0 Å². The highest BCUT2D eigenvalue weighted by atomic mass is 16.3. The van der Waals surface area contributed by atoms with E-state index in [9.17, 15) is 9.90 Å². The fourth-order valence-electron chi connectivity index (χ4n) is 2.90. The maximum absolute atomic E-state index is 12.9. The number of para-hydroxylation sites is 1. The van der Waals surface area contributed by atoms with E-state index in [0.29, 0.717) is 13.0 Å². The standard InChI is InChI=1S/C18H19NO2/c1-13-7-2-3-8-14(13)18(21)19-12-6-11-17(20)15-9-4-5-10-16(15)19/h2-5,7-10,17,20H,6,11-12H2,1H3. The first kappa shape index (κ1) is 13.8. The molecule has 3 nitrogen and oxygen atoms in total. The Balaban J connectivity index is 2.04. The third-order valence-corrected chi connectivity index (χ3v) is 4.07. The van der Waals surface area contributed by atoms with Crippen molar-refractivity contribution in [3.63, 3.8) is 0 Å². The molecule has 1 aliphatic rings. The average molecular weight is 281 g/mol. The lowest BCUT2D eigenvalue weighted by molar-refractivity contribution is 0.0986. The minimum atomic E-state index is -0.490. The van der Waals surface area contributed by atoms with Crippen molar-refractivity contribution >= 4 is 11.6 Å². The number of hydrogen-bond donors (Lipinski definition) is 1. The number of hydrogen-bond acceptors (Lipinski definition) is 2. The van der Waals surface area contributed by atoms with E-state index in [0.717, 1.165) is 28.8 Å². The summed E-state index contributed by atoms with van der Waals surface area (Å²) < 4.78 is 0. The number of aliphatic hydroxyl groups excluding tert-OH is 1. The second-order valence-corrected chi connectivity index (χ2v) is 5.49. The zero-order valence-corrected chi connectivity index (χ0v) is 12.1. The molecule has 1 N–H and O–H groups in total. The Morgan fingerprint density at radius 2 is 1.86 bits per heavy atom. The highest BCUT2D eigenvalue weighted by Gasteiger charge is 2.26. The Bertz CT molecular complexity index is 666. The van der Waals surface area contributed by atoms with E-state index in [1.165, 1.54) is 0 Å². The van der Waals surface area contributed by atoms with Gasteiger partial charge in [0.1, 0.15) is 0 Å². The van der Waals surface area contributed by atoms with Gasteiger partial charge in [0.15, 0.2) is 0 Å². The first-order chi connectivity index (χ1) is 10.2. The van der Waals surface area contributed by atoms with E-state index in [1.54, 1.807) is 4.90 Å². The molecule has 0 fully saturated rings. The summed E-state index contributed by atoms with van der Waals surface area (Å²) in [6.45, 7) is 2.59. The van der Waals surface area contributed by atoms with Gasteiger partial charge in [-0.1, -0.05) is 36.4 Å². The fourth-order valence-corrected chi connectivity index (χ4v) is 2.90. The monoisotopic (exact) mass is 281 g/mol. The Labute approximate surface area is 124 Å². The van der Waals surface area contributed by atoms with E-state index in [2.05, 4.69) is 0 Å². The third kappa shape index (κ3) is 2.57. The van der Waals surface area contributed by atoms with Gasteiger partial charge in [0.2, 0.25) is 0 Å². The molecule has 0 saturated carbocycles. The van der Waals surface area contributed by atoms with Crippen LogP contribution in [-0.2, 0) is 0 Å². The Morgan fingerprint density at radius 1 is 1.14 bits per heavy atom. The zero-order valence-electron chi connectivity index (χ0n) is 12.1. The Morgan fingerprint density at radius 3 is 2.67 bits per heavy atom. The number of aryl methyl sites for hydroxylation is 1. The molecule has 0 bridgehead atoms. The maximum Gasteiger partial charge on any atom is 0.258 e. The number of fused-ring (bicyclic) bond motifs is 1. The van der Waals surface area contributed by atoms with Gasteiger partial charge in [-0.05, 0) is 37.5 Å². The summed E-state index contributed by atoms with van der Waals surface area (Å²) in [6, 6.07) is 15.3. The molecule has 1 heterocycles. The van der Waals surface area contributed by atoms with E-state index in [-0.39, 0.29) is 5.91 Å². The Hall–Kier alpha value is -2.13. The molecule has 0 spiro atoms. The largest absolute Gasteiger partial charge is 0.388 e. The van der Waals surface area contributed by atoms with Crippen molar-refractivity contribution in [1.82, 2.24) is 0 Å². The van der Waals surface area contributed by atoms with Crippen LogP contribution in [0.25, 0.3) is 0 Å². The number of carbonyl (C=O) groups excluding carboxylic acids is 1. The summed E-state index contributed by atoms with van der Waals surface area (Å²) in [7, 11) is 0. The lowest BCUT2D eigenvalue weighted by Gasteiger charge is -2.24. The summed E-state index contributed by atoms with van der Waals surface area (Å²) in [5, 5.41) is 10.2. The Kier molecular flexibility index (Phi) is 3.76. The van der Waals surface area contributed by atoms with Gasteiger partial charge >= 0.3 is 0 Å². The second kappa shape index (κ2) is 5.70. The van der Waals surface area contributed by atoms with Crippen LogP contribution < -0.4 is 4.90 Å². The van der Waals surface area contributed by atoms with Crippen LogP contribution in [0.2, 0.25) is 0 Å². The molecule has 2 aromatic carbocycles. The topological polar surface area (TPSA) is 40.5 Å². The number of nitrogens with zero attached hydrogens (tertiary/aromatic N) is 1. The molecule has 1 unspecified atom stereocenters. The highest BCUT2D eigenvalue weighted by Crippen LogP contribution is 2.33. The van der Waals surface area contributed by atoms with Crippen molar-refractivity contribution < 1.29 is 9.90 Å². The molecule has 3 heteroatoms. The number of rotatable bonds is 1. The molecule has 0 saturated heterocycles. The van der Waals surface area contributed by atoms with Gasteiger partial charge in [-0.25, -0.2) is 0 Å². The highest BCUT2D eigenvalue weighted by molar-refractivity contribution is 6.07. The minimum Gasteiger partial charge on any atom is -0.388 e. The lowest BCUT2D eigenvalue weighted by atomic mass is 10.0. The second-order valence-electron chi connectivity index (χ2n) is 5.49. The first-order valence-electron chi connectivity index (χ1n) is 7.33. The van der Waals surface area contributed by atoms with Crippen LogP contribution in [0.3, 0.4) is 0 Å². The number of aliphatic hydroxyl groups is 1. The van der Waals surface area contributed by atoms with Crippen molar-refractivity contribution in [2.75, 3.05) is 11.4 Å². The van der Waals surface area contributed by atoms with Gasteiger partial charge in [-0.15, -0.1) is 0 Å². The van der Waals surface area contributed by atoms with Crippen LogP contribution in [0.5, 0.6) is 0 Å². The average Bonchev–Trinajstić information content (AvgIpc) is 2.67. The van der Waals surface area contributed by atoms with E-state index in [1.807, 2.05) is 55.5 Å². The van der Waals surface area contributed by atoms with Crippen molar-refractivity contribution in [1.29, 1.82) is 0 Å². The van der Waals surface area contributed by atoms with Crippen LogP contribution in [-0.4, -0.2) is 17.6 Å². The quantitative estimate of drug-likeness (QED) is 0.869. The number of benzene rings is 2. The lowest BCUT2D eigenvalue weighted by Crippen LogP contribution is -2.32. The predicted octanol–water partition coefficient (Wildman–Crippen LogP) is 3.47.